The van der Waals surface area contributed by atoms with Crippen LogP contribution in [0, 0.1) is 0 Å². The number of phenols is 1. The number of phenolic OH excluding ortho intramolecular Hbond substituents is 1. The van der Waals surface area contributed by atoms with Crippen molar-refractivity contribution in [2.75, 3.05) is 11.9 Å². The third-order valence-electron chi connectivity index (χ3n) is 6.30. The van der Waals surface area contributed by atoms with Crippen LogP contribution in [0.2, 0.25) is 0 Å². The van der Waals surface area contributed by atoms with Gasteiger partial charge in [0.1, 0.15) is 11.9 Å². The molecule has 0 saturated carbocycles. The molecule has 2 bridgehead atoms. The van der Waals surface area contributed by atoms with E-state index in [9.17, 15) is 5.11 Å². The number of anilines is 1. The first-order valence-electron chi connectivity index (χ1n) is 10.1. The monoisotopic (exact) mass is 393 g/mol. The molecule has 2 aromatic heterocycles. The van der Waals surface area contributed by atoms with Crippen LogP contribution in [0.25, 0.3) is 22.2 Å². The van der Waals surface area contributed by atoms with Crippen LogP contribution < -0.4 is 10.2 Å². The van der Waals surface area contributed by atoms with E-state index in [1.54, 1.807) is 12.3 Å². The lowest BCUT2D eigenvalue weighted by atomic mass is 9.82. The van der Waals surface area contributed by atoms with Gasteiger partial charge in [0, 0.05) is 42.3 Å². The molecule has 4 atom stereocenters. The van der Waals surface area contributed by atoms with Gasteiger partial charge in [-0.3, -0.25) is 4.98 Å². The summed E-state index contributed by atoms with van der Waals surface area (Å²) in [6.07, 6.45) is 4.64. The first-order valence-corrected chi connectivity index (χ1v) is 10.1. The number of alkyl halides is 1. The van der Waals surface area contributed by atoms with Crippen molar-refractivity contribution < 1.29 is 9.50 Å². The van der Waals surface area contributed by atoms with Crippen LogP contribution in [0.15, 0.2) is 42.6 Å². The van der Waals surface area contributed by atoms with E-state index >= 15 is 4.39 Å². The van der Waals surface area contributed by atoms with Crippen molar-refractivity contribution in [1.29, 1.82) is 0 Å². The van der Waals surface area contributed by atoms with E-state index in [-0.39, 0.29) is 17.8 Å². The largest absolute Gasteiger partial charge is 0.507 e. The van der Waals surface area contributed by atoms with Gasteiger partial charge in [0.2, 0.25) is 0 Å². The van der Waals surface area contributed by atoms with Crippen LogP contribution in [0.1, 0.15) is 25.7 Å². The van der Waals surface area contributed by atoms with Gasteiger partial charge in [-0.25, -0.2) is 4.39 Å². The van der Waals surface area contributed by atoms with Gasteiger partial charge in [0.15, 0.2) is 5.82 Å². The Morgan fingerprint density at radius 3 is 2.90 bits per heavy atom. The Balaban J connectivity index is 1.41. The van der Waals surface area contributed by atoms with Gasteiger partial charge in [-0.05, 0) is 43.5 Å². The summed E-state index contributed by atoms with van der Waals surface area (Å²) in [5, 5.41) is 23.4. The number of halogens is 1. The second kappa shape index (κ2) is 7.22. The first kappa shape index (κ1) is 18.2. The highest BCUT2D eigenvalue weighted by atomic mass is 19.1. The Morgan fingerprint density at radius 2 is 2.07 bits per heavy atom. The zero-order valence-corrected chi connectivity index (χ0v) is 16.3. The first-order chi connectivity index (χ1) is 14.1. The van der Waals surface area contributed by atoms with Crippen molar-refractivity contribution in [3.05, 3.63) is 42.6 Å². The van der Waals surface area contributed by atoms with Gasteiger partial charge in [-0.2, -0.15) is 0 Å². The summed E-state index contributed by atoms with van der Waals surface area (Å²) in [4.78, 5) is 6.17. The molecule has 2 N–H and O–H groups in total. The molecule has 2 fully saturated rings. The van der Waals surface area contributed by atoms with E-state index < -0.39 is 6.17 Å². The Hall–Kier alpha value is -2.80. The number of hydrogen-bond donors (Lipinski definition) is 2. The standard InChI is InChI=1S/C22H24FN5O/c1-28(19-11-14-5-2-6-17(25-14)22(19)23)21-8-7-16(26-27-21)15-10-13-4-3-9-24-18(13)12-20(15)29/h3-4,7-10,12,14,17,19,22,25,29H,2,5-6,11H2,1H3/t14?,17?,19-,22+/m1/s1. The zero-order valence-electron chi connectivity index (χ0n) is 16.3. The summed E-state index contributed by atoms with van der Waals surface area (Å²) >= 11 is 0. The Bertz CT molecular complexity index is 1030. The minimum absolute atomic E-state index is 0.0645. The average Bonchev–Trinajstić information content (AvgIpc) is 2.76. The molecule has 150 valence electrons. The molecule has 0 amide bonds. The zero-order chi connectivity index (χ0) is 20.0. The molecule has 5 rings (SSSR count). The third kappa shape index (κ3) is 3.29. The number of aromatic nitrogens is 3. The fourth-order valence-electron chi connectivity index (χ4n) is 4.69. The molecule has 1 aromatic carbocycles. The molecule has 2 aliphatic rings. The molecule has 29 heavy (non-hydrogen) atoms. The molecule has 3 aromatic rings. The van der Waals surface area contributed by atoms with E-state index in [1.165, 1.54) is 0 Å². The Morgan fingerprint density at radius 1 is 1.17 bits per heavy atom. The van der Waals surface area contributed by atoms with Gasteiger partial charge >= 0.3 is 0 Å². The summed E-state index contributed by atoms with van der Waals surface area (Å²) in [6.45, 7) is 0. The smallest absolute Gasteiger partial charge is 0.151 e. The van der Waals surface area contributed by atoms with Crippen LogP contribution in [-0.4, -0.2) is 51.6 Å². The Kier molecular flexibility index (Phi) is 4.54. The lowest BCUT2D eigenvalue weighted by Gasteiger charge is -2.46. The van der Waals surface area contributed by atoms with Gasteiger partial charge < -0.3 is 15.3 Å². The predicted molar refractivity (Wildman–Crippen MR) is 111 cm³/mol. The summed E-state index contributed by atoms with van der Waals surface area (Å²) in [5.41, 5.74) is 1.90. The topological polar surface area (TPSA) is 74.2 Å². The lowest BCUT2D eigenvalue weighted by molar-refractivity contribution is 0.107. The maximum atomic E-state index is 15.0. The highest BCUT2D eigenvalue weighted by Gasteiger charge is 2.41. The van der Waals surface area contributed by atoms with Crippen molar-refractivity contribution >= 4 is 16.7 Å². The molecule has 0 aliphatic carbocycles. The predicted octanol–water partition coefficient (Wildman–Crippen LogP) is 3.45. The third-order valence-corrected chi connectivity index (χ3v) is 6.30. The number of fused-ring (bicyclic) bond motifs is 3. The van der Waals surface area contributed by atoms with E-state index in [2.05, 4.69) is 20.5 Å². The molecule has 0 radical (unpaired) electrons. The van der Waals surface area contributed by atoms with Gasteiger partial charge in [-0.15, -0.1) is 10.2 Å². The molecular formula is C22H24FN5O. The fraction of sp³-hybridized carbons (Fsp3) is 0.409. The molecule has 2 unspecified atom stereocenters. The summed E-state index contributed by atoms with van der Waals surface area (Å²) in [6, 6.07) is 11.1. The van der Waals surface area contributed by atoms with Crippen LogP contribution in [0.5, 0.6) is 5.75 Å². The van der Waals surface area contributed by atoms with Crippen LogP contribution in [0.4, 0.5) is 10.2 Å². The molecule has 2 aliphatic heterocycles. The number of rotatable bonds is 3. The number of nitrogens with zero attached hydrogens (tertiary/aromatic N) is 4. The van der Waals surface area contributed by atoms with E-state index in [1.807, 2.05) is 42.3 Å². The van der Waals surface area contributed by atoms with Crippen molar-refractivity contribution in [3.8, 4) is 17.0 Å². The lowest BCUT2D eigenvalue weighted by Crippen LogP contribution is -2.61. The summed E-state index contributed by atoms with van der Waals surface area (Å²) in [7, 11) is 1.89. The molecular weight excluding hydrogens is 369 g/mol. The van der Waals surface area contributed by atoms with Gasteiger partial charge in [-0.1, -0.05) is 12.5 Å². The van der Waals surface area contributed by atoms with Crippen molar-refractivity contribution in [2.45, 2.75) is 50.0 Å². The second-order valence-electron chi connectivity index (χ2n) is 8.10. The number of nitrogens with one attached hydrogen (secondary N) is 1. The maximum absolute atomic E-state index is 15.0. The van der Waals surface area contributed by atoms with Gasteiger partial charge in [0.05, 0.1) is 17.3 Å². The fourth-order valence-corrected chi connectivity index (χ4v) is 4.69. The van der Waals surface area contributed by atoms with Crippen LogP contribution in [0.3, 0.4) is 0 Å². The number of pyridine rings is 1. The number of benzene rings is 1. The van der Waals surface area contributed by atoms with E-state index in [0.717, 1.165) is 36.6 Å². The molecule has 7 heteroatoms. The van der Waals surface area contributed by atoms with Crippen molar-refractivity contribution in [1.82, 2.24) is 20.5 Å². The normalized spacial score (nSPS) is 26.4. The molecule has 0 spiro atoms. The second-order valence-corrected chi connectivity index (χ2v) is 8.10. The summed E-state index contributed by atoms with van der Waals surface area (Å²) < 4.78 is 15.0. The minimum atomic E-state index is -0.921. The number of hydrogen-bond acceptors (Lipinski definition) is 6. The molecule has 4 heterocycles. The van der Waals surface area contributed by atoms with E-state index in [4.69, 9.17) is 0 Å². The Labute approximate surface area is 168 Å². The summed E-state index contributed by atoms with van der Waals surface area (Å²) in [5.74, 6) is 0.755. The highest BCUT2D eigenvalue weighted by Crippen LogP contribution is 2.34. The SMILES string of the molecule is CN(c1ccc(-c2cc3cccnc3cc2O)nn1)[C@@H]1CC2CCCC(N2)[C@@H]1F. The average molecular weight is 393 g/mol. The molecule has 6 nitrogen and oxygen atoms in total. The van der Waals surface area contributed by atoms with Gasteiger partial charge in [0.25, 0.3) is 0 Å². The van der Waals surface area contributed by atoms with Crippen LogP contribution in [-0.2, 0) is 0 Å². The van der Waals surface area contributed by atoms with E-state index in [0.29, 0.717) is 23.1 Å². The number of piperidine rings is 2. The quantitative estimate of drug-likeness (QED) is 0.710. The van der Waals surface area contributed by atoms with Crippen molar-refractivity contribution in [3.63, 3.8) is 0 Å². The molecule has 2 saturated heterocycles. The minimum Gasteiger partial charge on any atom is -0.507 e. The highest BCUT2D eigenvalue weighted by molar-refractivity contribution is 5.87. The van der Waals surface area contributed by atoms with Crippen LogP contribution >= 0.6 is 0 Å². The maximum Gasteiger partial charge on any atom is 0.151 e. The number of aromatic hydroxyl groups is 1. The van der Waals surface area contributed by atoms with Crippen molar-refractivity contribution in [2.24, 2.45) is 0 Å².